The first-order valence-corrected chi connectivity index (χ1v) is 9.51. The molecule has 0 bridgehead atoms. The Morgan fingerprint density at radius 3 is 2.67 bits per heavy atom. The molecule has 0 unspecified atom stereocenters. The van der Waals surface area contributed by atoms with Crippen molar-refractivity contribution in [3.8, 4) is 5.75 Å². The molecule has 0 atom stereocenters. The van der Waals surface area contributed by atoms with E-state index in [0.717, 1.165) is 57.7 Å². The molecule has 1 aromatic carbocycles. The van der Waals surface area contributed by atoms with Gasteiger partial charge in [0, 0.05) is 50.8 Å². The van der Waals surface area contributed by atoms with Gasteiger partial charge in [0.2, 0.25) is 0 Å². The number of pyridine rings is 1. The Kier molecular flexibility index (Phi) is 5.27. The zero-order chi connectivity index (χ0) is 18.7. The van der Waals surface area contributed by atoms with Crippen molar-refractivity contribution in [1.82, 2.24) is 9.88 Å². The highest BCUT2D eigenvalue weighted by Gasteiger charge is 2.39. The van der Waals surface area contributed by atoms with E-state index >= 15 is 0 Å². The molecule has 0 saturated carbocycles. The minimum absolute atomic E-state index is 0.0775. The van der Waals surface area contributed by atoms with Gasteiger partial charge in [-0.2, -0.15) is 0 Å². The SMILES string of the molecule is COc1cc(CN2CCOC3(CCN(c4ccncc4)CC3)C2)ccc1F. The summed E-state index contributed by atoms with van der Waals surface area (Å²) in [6, 6.07) is 9.25. The number of benzene rings is 1. The van der Waals surface area contributed by atoms with Crippen molar-refractivity contribution in [3.05, 3.63) is 54.1 Å². The Bertz CT molecular complexity index is 763. The molecular weight excluding hydrogens is 345 g/mol. The molecule has 2 aromatic rings. The molecule has 0 amide bonds. The molecule has 0 radical (unpaired) electrons. The molecule has 144 valence electrons. The molecular formula is C21H26FN3O2. The smallest absolute Gasteiger partial charge is 0.165 e. The van der Waals surface area contributed by atoms with Crippen molar-refractivity contribution in [2.75, 3.05) is 44.8 Å². The lowest BCUT2D eigenvalue weighted by Gasteiger charge is -2.47. The van der Waals surface area contributed by atoms with E-state index in [9.17, 15) is 4.39 Å². The van der Waals surface area contributed by atoms with Gasteiger partial charge in [-0.05, 0) is 42.7 Å². The first-order valence-electron chi connectivity index (χ1n) is 9.51. The molecule has 5 nitrogen and oxygen atoms in total. The molecule has 2 saturated heterocycles. The molecule has 2 aliphatic rings. The number of nitrogens with zero attached hydrogens (tertiary/aromatic N) is 3. The second-order valence-electron chi connectivity index (χ2n) is 7.40. The lowest BCUT2D eigenvalue weighted by Crippen LogP contribution is -2.56. The Hall–Kier alpha value is -2.18. The lowest BCUT2D eigenvalue weighted by atomic mass is 9.89. The van der Waals surface area contributed by atoms with Crippen LogP contribution < -0.4 is 9.64 Å². The number of aromatic nitrogens is 1. The third-order valence-electron chi connectivity index (χ3n) is 5.65. The fourth-order valence-corrected chi connectivity index (χ4v) is 4.15. The number of piperidine rings is 1. The van der Waals surface area contributed by atoms with E-state index in [1.54, 1.807) is 6.07 Å². The molecule has 2 aliphatic heterocycles. The van der Waals surface area contributed by atoms with E-state index < -0.39 is 0 Å². The number of ether oxygens (including phenoxy) is 2. The van der Waals surface area contributed by atoms with Gasteiger partial charge in [0.1, 0.15) is 0 Å². The number of halogens is 1. The van der Waals surface area contributed by atoms with Crippen molar-refractivity contribution < 1.29 is 13.9 Å². The fourth-order valence-electron chi connectivity index (χ4n) is 4.15. The third-order valence-corrected chi connectivity index (χ3v) is 5.65. The monoisotopic (exact) mass is 371 g/mol. The number of hydrogen-bond donors (Lipinski definition) is 0. The van der Waals surface area contributed by atoms with Gasteiger partial charge in [-0.15, -0.1) is 0 Å². The molecule has 1 spiro atoms. The topological polar surface area (TPSA) is 37.8 Å². The molecule has 4 rings (SSSR count). The van der Waals surface area contributed by atoms with Crippen molar-refractivity contribution in [1.29, 1.82) is 0 Å². The molecule has 27 heavy (non-hydrogen) atoms. The Labute approximate surface area is 159 Å². The van der Waals surface area contributed by atoms with Gasteiger partial charge in [0.25, 0.3) is 0 Å². The molecule has 1 aromatic heterocycles. The summed E-state index contributed by atoms with van der Waals surface area (Å²) < 4.78 is 25.0. The maximum absolute atomic E-state index is 13.6. The average molecular weight is 371 g/mol. The summed E-state index contributed by atoms with van der Waals surface area (Å²) in [4.78, 5) is 8.92. The molecule has 6 heteroatoms. The van der Waals surface area contributed by atoms with Crippen LogP contribution in [0, 0.1) is 5.82 Å². The van der Waals surface area contributed by atoms with E-state index in [1.807, 2.05) is 18.5 Å². The predicted molar refractivity (Wildman–Crippen MR) is 103 cm³/mol. The second-order valence-corrected chi connectivity index (χ2v) is 7.40. The quantitative estimate of drug-likeness (QED) is 0.826. The van der Waals surface area contributed by atoms with Crippen LogP contribution in [0.3, 0.4) is 0 Å². The average Bonchev–Trinajstić information content (AvgIpc) is 2.71. The number of rotatable bonds is 4. The zero-order valence-corrected chi connectivity index (χ0v) is 15.7. The summed E-state index contributed by atoms with van der Waals surface area (Å²) in [5.41, 5.74) is 2.22. The van der Waals surface area contributed by atoms with E-state index in [-0.39, 0.29) is 11.4 Å². The fraction of sp³-hybridized carbons (Fsp3) is 0.476. The molecule has 0 aliphatic carbocycles. The van der Waals surface area contributed by atoms with Gasteiger partial charge >= 0.3 is 0 Å². The van der Waals surface area contributed by atoms with Crippen molar-refractivity contribution >= 4 is 5.69 Å². The van der Waals surface area contributed by atoms with Crippen LogP contribution in [-0.2, 0) is 11.3 Å². The first kappa shape index (κ1) is 18.2. The van der Waals surface area contributed by atoms with Gasteiger partial charge in [0.15, 0.2) is 11.6 Å². The van der Waals surface area contributed by atoms with Crippen LogP contribution >= 0.6 is 0 Å². The lowest BCUT2D eigenvalue weighted by molar-refractivity contribution is -0.122. The van der Waals surface area contributed by atoms with Crippen LogP contribution in [0.5, 0.6) is 5.75 Å². The van der Waals surface area contributed by atoms with E-state index in [0.29, 0.717) is 5.75 Å². The van der Waals surface area contributed by atoms with Gasteiger partial charge in [-0.3, -0.25) is 9.88 Å². The van der Waals surface area contributed by atoms with E-state index in [1.165, 1.54) is 18.9 Å². The molecule has 3 heterocycles. The number of hydrogen-bond acceptors (Lipinski definition) is 5. The van der Waals surface area contributed by atoms with Crippen molar-refractivity contribution in [3.63, 3.8) is 0 Å². The normalized spacial score (nSPS) is 20.0. The zero-order valence-electron chi connectivity index (χ0n) is 15.7. The minimum Gasteiger partial charge on any atom is -0.494 e. The first-order chi connectivity index (χ1) is 13.2. The van der Waals surface area contributed by atoms with Crippen LogP contribution in [0.1, 0.15) is 18.4 Å². The largest absolute Gasteiger partial charge is 0.494 e. The summed E-state index contributed by atoms with van der Waals surface area (Å²) in [5, 5.41) is 0. The number of anilines is 1. The Morgan fingerprint density at radius 1 is 1.15 bits per heavy atom. The highest BCUT2D eigenvalue weighted by atomic mass is 19.1. The Balaban J connectivity index is 1.38. The highest BCUT2D eigenvalue weighted by Crippen LogP contribution is 2.32. The maximum Gasteiger partial charge on any atom is 0.165 e. The van der Waals surface area contributed by atoms with Crippen molar-refractivity contribution in [2.45, 2.75) is 25.0 Å². The summed E-state index contributed by atoms with van der Waals surface area (Å²) in [5.74, 6) is -0.00989. The van der Waals surface area contributed by atoms with Gasteiger partial charge < -0.3 is 14.4 Å². The maximum atomic E-state index is 13.6. The standard InChI is InChI=1S/C21H26FN3O2/c1-26-20-14-17(2-3-19(20)22)15-24-12-13-27-21(16-24)6-10-25(11-7-21)18-4-8-23-9-5-18/h2-5,8-9,14H,6-7,10-13,15-16H2,1H3. The molecule has 0 N–H and O–H groups in total. The van der Waals surface area contributed by atoms with E-state index in [2.05, 4.69) is 26.9 Å². The second kappa shape index (κ2) is 7.82. The Morgan fingerprint density at radius 2 is 1.93 bits per heavy atom. The van der Waals surface area contributed by atoms with Crippen LogP contribution in [0.4, 0.5) is 10.1 Å². The van der Waals surface area contributed by atoms with Gasteiger partial charge in [-0.1, -0.05) is 6.07 Å². The third kappa shape index (κ3) is 4.06. The summed E-state index contributed by atoms with van der Waals surface area (Å²) >= 11 is 0. The predicted octanol–water partition coefficient (Wildman–Crippen LogP) is 3.10. The minimum atomic E-state index is -0.316. The van der Waals surface area contributed by atoms with Crippen LogP contribution in [-0.4, -0.2) is 55.4 Å². The van der Waals surface area contributed by atoms with E-state index in [4.69, 9.17) is 9.47 Å². The van der Waals surface area contributed by atoms with Crippen LogP contribution in [0.25, 0.3) is 0 Å². The summed E-state index contributed by atoms with van der Waals surface area (Å²) in [6.07, 6.45) is 5.71. The summed E-state index contributed by atoms with van der Waals surface area (Å²) in [6.45, 7) is 5.32. The number of morpholine rings is 1. The number of methoxy groups -OCH3 is 1. The molecule has 2 fully saturated rings. The highest BCUT2D eigenvalue weighted by molar-refractivity contribution is 5.45. The summed E-state index contributed by atoms with van der Waals surface area (Å²) in [7, 11) is 1.50. The van der Waals surface area contributed by atoms with Gasteiger partial charge in [0.05, 0.1) is 19.3 Å². The van der Waals surface area contributed by atoms with Crippen LogP contribution in [0.2, 0.25) is 0 Å². The van der Waals surface area contributed by atoms with Crippen molar-refractivity contribution in [2.24, 2.45) is 0 Å². The van der Waals surface area contributed by atoms with Gasteiger partial charge in [-0.25, -0.2) is 4.39 Å². The van der Waals surface area contributed by atoms with Crippen LogP contribution in [0.15, 0.2) is 42.7 Å².